The third-order valence-corrected chi connectivity index (χ3v) is 3.65. The molecule has 1 heterocycles. The molecule has 5 N–H and O–H groups in total. The standard InChI is InChI=1S/C14H18N2O9/c1-6(18)15-11-13(21)12(20)10(5-17)25-14(11)24-9-4-7(16(22)23)2-3-8(9)19/h2-4,10-14,17,19-21H,5H2,1H3,(H,15,18)/t10-,11-,12-,13-,14-/m1/s1. The number of benzene rings is 1. The summed E-state index contributed by atoms with van der Waals surface area (Å²) in [5.41, 5.74) is -0.362. The molecule has 138 valence electrons. The molecule has 2 rings (SSSR count). The number of aliphatic hydroxyl groups excluding tert-OH is 3. The lowest BCUT2D eigenvalue weighted by atomic mass is 9.97. The zero-order chi connectivity index (χ0) is 18.7. The van der Waals surface area contributed by atoms with E-state index in [-0.39, 0.29) is 11.4 Å². The molecule has 0 spiro atoms. The van der Waals surface area contributed by atoms with Gasteiger partial charge in [0, 0.05) is 13.0 Å². The molecule has 1 aromatic carbocycles. The van der Waals surface area contributed by atoms with Crippen LogP contribution in [-0.4, -0.2) is 68.5 Å². The van der Waals surface area contributed by atoms with E-state index in [1.165, 1.54) is 6.92 Å². The normalized spacial score (nSPS) is 29.0. The van der Waals surface area contributed by atoms with Crippen LogP contribution in [0.5, 0.6) is 11.5 Å². The van der Waals surface area contributed by atoms with E-state index in [4.69, 9.17) is 9.47 Å². The van der Waals surface area contributed by atoms with Crippen LogP contribution in [0.25, 0.3) is 0 Å². The van der Waals surface area contributed by atoms with E-state index in [1.54, 1.807) is 0 Å². The largest absolute Gasteiger partial charge is 0.504 e. The van der Waals surface area contributed by atoms with Gasteiger partial charge in [0.25, 0.3) is 5.69 Å². The van der Waals surface area contributed by atoms with Crippen LogP contribution >= 0.6 is 0 Å². The fourth-order valence-corrected chi connectivity index (χ4v) is 2.41. The molecular weight excluding hydrogens is 340 g/mol. The molecule has 1 saturated heterocycles. The molecule has 0 radical (unpaired) electrons. The number of phenols is 1. The molecule has 5 atom stereocenters. The molecule has 25 heavy (non-hydrogen) atoms. The van der Waals surface area contributed by atoms with Gasteiger partial charge in [0.2, 0.25) is 12.2 Å². The van der Waals surface area contributed by atoms with Crippen molar-refractivity contribution >= 4 is 11.6 Å². The van der Waals surface area contributed by atoms with Crippen LogP contribution in [0.3, 0.4) is 0 Å². The maximum absolute atomic E-state index is 11.3. The van der Waals surface area contributed by atoms with Crippen molar-refractivity contribution in [1.82, 2.24) is 5.32 Å². The maximum Gasteiger partial charge on any atom is 0.273 e. The Labute approximate surface area is 141 Å². The van der Waals surface area contributed by atoms with Gasteiger partial charge >= 0.3 is 0 Å². The second-order valence-corrected chi connectivity index (χ2v) is 5.46. The lowest BCUT2D eigenvalue weighted by Gasteiger charge is -2.42. The van der Waals surface area contributed by atoms with E-state index in [1.807, 2.05) is 0 Å². The van der Waals surface area contributed by atoms with Gasteiger partial charge in [0.15, 0.2) is 11.5 Å². The van der Waals surface area contributed by atoms with Crippen molar-refractivity contribution in [1.29, 1.82) is 0 Å². The molecule has 11 nitrogen and oxygen atoms in total. The monoisotopic (exact) mass is 358 g/mol. The fourth-order valence-electron chi connectivity index (χ4n) is 2.41. The van der Waals surface area contributed by atoms with E-state index in [0.29, 0.717) is 0 Å². The number of nitrogens with zero attached hydrogens (tertiary/aromatic N) is 1. The Morgan fingerprint density at radius 3 is 2.64 bits per heavy atom. The van der Waals surface area contributed by atoms with Gasteiger partial charge in [-0.2, -0.15) is 0 Å². The highest BCUT2D eigenvalue weighted by molar-refractivity contribution is 5.73. The predicted octanol–water partition coefficient (Wildman–Crippen LogP) is -1.38. The van der Waals surface area contributed by atoms with Crippen molar-refractivity contribution in [3.63, 3.8) is 0 Å². The SMILES string of the molecule is CC(=O)N[C@H]1[C@H](Oc2cc([N+](=O)[O-])ccc2O)O[C@H](CO)[C@@H](O)[C@@H]1O. The van der Waals surface area contributed by atoms with E-state index >= 15 is 0 Å². The Bertz CT molecular complexity index is 653. The Morgan fingerprint density at radius 1 is 1.40 bits per heavy atom. The van der Waals surface area contributed by atoms with Gasteiger partial charge < -0.3 is 35.2 Å². The second kappa shape index (κ2) is 7.61. The summed E-state index contributed by atoms with van der Waals surface area (Å²) in [6.45, 7) is 0.519. The molecule has 0 unspecified atom stereocenters. The third-order valence-electron chi connectivity index (χ3n) is 3.65. The van der Waals surface area contributed by atoms with Crippen molar-refractivity contribution in [3.05, 3.63) is 28.3 Å². The number of amides is 1. The number of carbonyl (C=O) groups excluding carboxylic acids is 1. The molecule has 1 aliphatic rings. The molecule has 0 bridgehead atoms. The predicted molar refractivity (Wildman–Crippen MR) is 80.8 cm³/mol. The van der Waals surface area contributed by atoms with E-state index in [9.17, 15) is 35.3 Å². The number of aromatic hydroxyl groups is 1. The minimum Gasteiger partial charge on any atom is -0.504 e. The Kier molecular flexibility index (Phi) is 5.74. The summed E-state index contributed by atoms with van der Waals surface area (Å²) in [7, 11) is 0. The van der Waals surface area contributed by atoms with Crippen LogP contribution < -0.4 is 10.1 Å². The summed E-state index contributed by atoms with van der Waals surface area (Å²) in [6.07, 6.45) is -5.68. The molecule has 11 heteroatoms. The number of non-ortho nitro benzene ring substituents is 1. The average Bonchev–Trinajstić information content (AvgIpc) is 2.55. The quantitative estimate of drug-likeness (QED) is 0.314. The van der Waals surface area contributed by atoms with E-state index in [2.05, 4.69) is 5.32 Å². The van der Waals surface area contributed by atoms with E-state index < -0.39 is 53.8 Å². The Balaban J connectivity index is 2.31. The van der Waals surface area contributed by atoms with Gasteiger partial charge in [-0.15, -0.1) is 0 Å². The Morgan fingerprint density at radius 2 is 2.08 bits per heavy atom. The summed E-state index contributed by atoms with van der Waals surface area (Å²) < 4.78 is 10.7. The Hall–Kier alpha value is -2.47. The maximum atomic E-state index is 11.3. The minimum absolute atomic E-state index is 0.324. The third kappa shape index (κ3) is 4.14. The zero-order valence-corrected chi connectivity index (χ0v) is 13.1. The number of aliphatic hydroxyl groups is 3. The van der Waals surface area contributed by atoms with Crippen molar-refractivity contribution in [2.45, 2.75) is 37.6 Å². The number of nitro groups is 1. The van der Waals surface area contributed by atoms with Crippen LogP contribution in [0.15, 0.2) is 18.2 Å². The minimum atomic E-state index is -1.54. The number of nitrogens with one attached hydrogen (secondary N) is 1. The highest BCUT2D eigenvalue weighted by Gasteiger charge is 2.46. The van der Waals surface area contributed by atoms with Crippen LogP contribution in [-0.2, 0) is 9.53 Å². The summed E-state index contributed by atoms with van der Waals surface area (Å²) in [5.74, 6) is -1.31. The first-order valence-corrected chi connectivity index (χ1v) is 7.28. The number of carbonyl (C=O) groups is 1. The molecule has 1 aromatic rings. The van der Waals surface area contributed by atoms with E-state index in [0.717, 1.165) is 18.2 Å². The number of rotatable bonds is 5. The zero-order valence-electron chi connectivity index (χ0n) is 13.1. The van der Waals surface area contributed by atoms with Gasteiger partial charge in [0.05, 0.1) is 17.6 Å². The van der Waals surface area contributed by atoms with Crippen LogP contribution in [0.4, 0.5) is 5.69 Å². The number of hydrogen-bond donors (Lipinski definition) is 5. The van der Waals surface area contributed by atoms with Gasteiger partial charge in [-0.05, 0) is 6.07 Å². The first-order valence-electron chi connectivity index (χ1n) is 7.28. The fraction of sp³-hybridized carbons (Fsp3) is 0.500. The summed E-state index contributed by atoms with van der Waals surface area (Å²) >= 11 is 0. The van der Waals surface area contributed by atoms with Gasteiger partial charge in [-0.1, -0.05) is 0 Å². The second-order valence-electron chi connectivity index (χ2n) is 5.46. The van der Waals surface area contributed by atoms with Gasteiger partial charge in [0.1, 0.15) is 24.4 Å². The van der Waals surface area contributed by atoms with Crippen LogP contribution in [0.2, 0.25) is 0 Å². The van der Waals surface area contributed by atoms with Crippen molar-refractivity contribution in [2.24, 2.45) is 0 Å². The average molecular weight is 358 g/mol. The first-order chi connectivity index (χ1) is 11.7. The molecular formula is C14H18N2O9. The lowest BCUT2D eigenvalue weighted by molar-refractivity contribution is -0.385. The molecule has 0 aromatic heterocycles. The highest BCUT2D eigenvalue weighted by Crippen LogP contribution is 2.33. The topological polar surface area (TPSA) is 172 Å². The summed E-state index contributed by atoms with van der Waals surface area (Å²) in [6, 6.07) is 1.80. The summed E-state index contributed by atoms with van der Waals surface area (Å²) in [5, 5.41) is 52.2. The summed E-state index contributed by atoms with van der Waals surface area (Å²) in [4.78, 5) is 21.5. The molecule has 0 saturated carbocycles. The highest BCUT2D eigenvalue weighted by atomic mass is 16.7. The number of nitro benzene ring substituents is 1. The molecule has 1 aliphatic heterocycles. The number of ether oxygens (including phenoxy) is 2. The number of hydrogen-bond acceptors (Lipinski definition) is 9. The molecule has 1 fully saturated rings. The smallest absolute Gasteiger partial charge is 0.273 e. The first kappa shape index (κ1) is 18.9. The van der Waals surface area contributed by atoms with Crippen molar-refractivity contribution in [2.75, 3.05) is 6.61 Å². The van der Waals surface area contributed by atoms with Gasteiger partial charge in [-0.25, -0.2) is 0 Å². The van der Waals surface area contributed by atoms with Crippen molar-refractivity contribution in [3.8, 4) is 11.5 Å². The van der Waals surface area contributed by atoms with Crippen molar-refractivity contribution < 1.29 is 39.6 Å². The van der Waals surface area contributed by atoms with Gasteiger partial charge in [-0.3, -0.25) is 14.9 Å². The van der Waals surface area contributed by atoms with Crippen LogP contribution in [0, 0.1) is 10.1 Å². The number of phenolic OH excluding ortho intramolecular Hbond substituents is 1. The lowest BCUT2D eigenvalue weighted by Crippen LogP contribution is -2.65. The molecule has 1 amide bonds. The molecule has 0 aliphatic carbocycles. The van der Waals surface area contributed by atoms with Crippen LogP contribution in [0.1, 0.15) is 6.92 Å².